The van der Waals surface area contributed by atoms with E-state index in [-0.39, 0.29) is 5.92 Å². The van der Waals surface area contributed by atoms with E-state index in [1.807, 2.05) is 13.8 Å². The van der Waals surface area contributed by atoms with Crippen molar-refractivity contribution in [3.05, 3.63) is 0 Å². The number of hydrogen-bond acceptors (Lipinski definition) is 7. The van der Waals surface area contributed by atoms with Crippen LogP contribution in [0.15, 0.2) is 0 Å². The van der Waals surface area contributed by atoms with E-state index in [0.29, 0.717) is 6.42 Å². The fourth-order valence-electron chi connectivity index (χ4n) is 1.83. The van der Waals surface area contributed by atoms with Crippen LogP contribution in [0.1, 0.15) is 20.3 Å². The zero-order valence-corrected chi connectivity index (χ0v) is 11.8. The Morgan fingerprint density at radius 1 is 1.16 bits per heavy atom. The van der Waals surface area contributed by atoms with Gasteiger partial charge in [0, 0.05) is 0 Å². The number of aliphatic hydroxyl groups excluding tert-OH is 4. The number of rotatable bonds is 9. The van der Waals surface area contributed by atoms with Gasteiger partial charge in [0.2, 0.25) is 0 Å². The molecule has 0 aromatic carbocycles. The highest BCUT2D eigenvalue weighted by molar-refractivity contribution is 7.85. The number of nitrogens with one attached hydrogen (secondary N) is 1. The molecule has 6 N–H and O–H groups in total. The van der Waals surface area contributed by atoms with Gasteiger partial charge in [-0.15, -0.1) is 0 Å². The van der Waals surface area contributed by atoms with Crippen molar-refractivity contribution in [2.45, 2.75) is 38.1 Å². The monoisotopic (exact) mass is 301 g/mol. The lowest BCUT2D eigenvalue weighted by Gasteiger charge is -2.36. The lowest BCUT2D eigenvalue weighted by atomic mass is 9.90. The van der Waals surface area contributed by atoms with E-state index < -0.39 is 47.0 Å². The van der Waals surface area contributed by atoms with Crippen molar-refractivity contribution in [2.75, 3.05) is 19.0 Å². The molecule has 0 bridgehead atoms. The molecule has 0 aromatic heterocycles. The average molecular weight is 301 g/mol. The van der Waals surface area contributed by atoms with Crippen molar-refractivity contribution >= 4 is 10.1 Å². The highest BCUT2D eigenvalue weighted by Crippen LogP contribution is 2.17. The Kier molecular flexibility index (Phi) is 7.37. The Morgan fingerprint density at radius 3 is 1.95 bits per heavy atom. The van der Waals surface area contributed by atoms with Gasteiger partial charge in [0.25, 0.3) is 10.1 Å². The molecule has 0 aliphatic rings. The van der Waals surface area contributed by atoms with E-state index >= 15 is 0 Å². The summed E-state index contributed by atoms with van der Waals surface area (Å²) >= 11 is 0. The maximum atomic E-state index is 10.6. The SMILES string of the molecule is CC(C)CC(CO)(CO)NC(O)C(O)CS(=O)(=O)O. The summed E-state index contributed by atoms with van der Waals surface area (Å²) in [5.41, 5.74) is -1.24. The number of aliphatic hydroxyl groups is 4. The van der Waals surface area contributed by atoms with Gasteiger partial charge in [-0.25, -0.2) is 0 Å². The second kappa shape index (κ2) is 7.48. The highest BCUT2D eigenvalue weighted by Gasteiger charge is 2.34. The van der Waals surface area contributed by atoms with Gasteiger partial charge in [-0.3, -0.25) is 9.87 Å². The predicted molar refractivity (Wildman–Crippen MR) is 67.9 cm³/mol. The Hall–Kier alpha value is -0.290. The summed E-state index contributed by atoms with van der Waals surface area (Å²) in [6.45, 7) is 2.67. The molecular formula is C10H23NO7S. The van der Waals surface area contributed by atoms with Crippen LogP contribution in [0, 0.1) is 5.92 Å². The third kappa shape index (κ3) is 7.16. The van der Waals surface area contributed by atoms with E-state index in [0.717, 1.165) is 0 Å². The van der Waals surface area contributed by atoms with Crippen LogP contribution in [0.25, 0.3) is 0 Å². The van der Waals surface area contributed by atoms with Gasteiger partial charge < -0.3 is 20.4 Å². The molecule has 2 unspecified atom stereocenters. The molecule has 19 heavy (non-hydrogen) atoms. The summed E-state index contributed by atoms with van der Waals surface area (Å²) in [6, 6.07) is 0. The molecule has 0 saturated carbocycles. The largest absolute Gasteiger partial charge is 0.394 e. The van der Waals surface area contributed by atoms with E-state index in [9.17, 15) is 28.8 Å². The van der Waals surface area contributed by atoms with Crippen LogP contribution in [0.5, 0.6) is 0 Å². The normalized spacial score (nSPS) is 16.6. The minimum Gasteiger partial charge on any atom is -0.394 e. The minimum absolute atomic E-state index is 0.0812. The van der Waals surface area contributed by atoms with E-state index in [2.05, 4.69) is 5.32 Å². The molecule has 0 fully saturated rings. The highest BCUT2D eigenvalue weighted by atomic mass is 32.2. The van der Waals surface area contributed by atoms with Crippen molar-refractivity contribution in [3.8, 4) is 0 Å². The van der Waals surface area contributed by atoms with Gasteiger partial charge in [0.15, 0.2) is 0 Å². The third-order valence-corrected chi connectivity index (χ3v) is 3.37. The fourth-order valence-corrected chi connectivity index (χ4v) is 2.44. The van der Waals surface area contributed by atoms with Crippen LogP contribution in [-0.2, 0) is 10.1 Å². The van der Waals surface area contributed by atoms with E-state index in [4.69, 9.17) is 4.55 Å². The maximum Gasteiger partial charge on any atom is 0.267 e. The minimum atomic E-state index is -4.44. The van der Waals surface area contributed by atoms with Gasteiger partial charge in [-0.2, -0.15) is 8.42 Å². The molecule has 9 heteroatoms. The molecule has 0 aromatic rings. The Labute approximate surface area is 112 Å². The quantitative estimate of drug-likeness (QED) is 0.210. The van der Waals surface area contributed by atoms with Crippen LogP contribution in [0.4, 0.5) is 0 Å². The van der Waals surface area contributed by atoms with Gasteiger partial charge in [-0.05, 0) is 12.3 Å². The summed E-state index contributed by atoms with van der Waals surface area (Å²) in [6.07, 6.45) is -3.19. The zero-order valence-electron chi connectivity index (χ0n) is 11.0. The van der Waals surface area contributed by atoms with Crippen LogP contribution in [0.2, 0.25) is 0 Å². The second-order valence-electron chi connectivity index (χ2n) is 5.10. The van der Waals surface area contributed by atoms with Crippen LogP contribution in [-0.4, -0.2) is 70.2 Å². The smallest absolute Gasteiger partial charge is 0.267 e. The van der Waals surface area contributed by atoms with Gasteiger partial charge in [0.05, 0.1) is 18.8 Å². The Bertz CT molecular complexity index is 353. The summed E-state index contributed by atoms with van der Waals surface area (Å²) in [5, 5.41) is 40.1. The van der Waals surface area contributed by atoms with Crippen LogP contribution < -0.4 is 5.32 Å². The molecule has 116 valence electrons. The summed E-state index contributed by atoms with van der Waals surface area (Å²) < 4.78 is 29.7. The van der Waals surface area contributed by atoms with E-state index in [1.165, 1.54) is 0 Å². The molecule has 0 heterocycles. The van der Waals surface area contributed by atoms with Crippen LogP contribution >= 0.6 is 0 Å². The predicted octanol–water partition coefficient (Wildman–Crippen LogP) is -2.09. The van der Waals surface area contributed by atoms with Crippen molar-refractivity contribution in [1.82, 2.24) is 5.32 Å². The second-order valence-corrected chi connectivity index (χ2v) is 6.60. The molecule has 0 aliphatic carbocycles. The first-order valence-corrected chi connectivity index (χ1v) is 7.47. The maximum absolute atomic E-state index is 10.6. The van der Waals surface area contributed by atoms with Gasteiger partial charge in [-0.1, -0.05) is 13.8 Å². The van der Waals surface area contributed by atoms with Gasteiger partial charge >= 0.3 is 0 Å². The first-order valence-electron chi connectivity index (χ1n) is 5.86. The first kappa shape index (κ1) is 18.7. The van der Waals surface area contributed by atoms with Gasteiger partial charge in [0.1, 0.15) is 18.1 Å². The lowest BCUT2D eigenvalue weighted by Crippen LogP contribution is -2.60. The topological polar surface area (TPSA) is 147 Å². The summed E-state index contributed by atoms with van der Waals surface area (Å²) in [5.74, 6) is -0.965. The zero-order chi connectivity index (χ0) is 15.3. The fraction of sp³-hybridized carbons (Fsp3) is 1.00. The summed E-state index contributed by atoms with van der Waals surface area (Å²) in [7, 11) is -4.44. The Morgan fingerprint density at radius 2 is 1.63 bits per heavy atom. The molecular weight excluding hydrogens is 278 g/mol. The molecule has 0 radical (unpaired) electrons. The van der Waals surface area contributed by atoms with Crippen LogP contribution in [0.3, 0.4) is 0 Å². The molecule has 0 amide bonds. The Balaban J connectivity index is 4.75. The average Bonchev–Trinajstić information content (AvgIpc) is 2.24. The third-order valence-electron chi connectivity index (χ3n) is 2.60. The standard InChI is InChI=1S/C10H23NO7S/c1-7(2)3-10(5-12,6-13)11-9(15)8(14)4-19(16,17)18/h7-9,11-15H,3-6H2,1-2H3,(H,16,17,18). The molecule has 0 spiro atoms. The number of hydrogen-bond donors (Lipinski definition) is 6. The van der Waals surface area contributed by atoms with E-state index in [1.54, 1.807) is 0 Å². The van der Waals surface area contributed by atoms with Crippen molar-refractivity contribution in [1.29, 1.82) is 0 Å². The van der Waals surface area contributed by atoms with Crippen molar-refractivity contribution in [2.24, 2.45) is 5.92 Å². The molecule has 0 aliphatic heterocycles. The lowest BCUT2D eigenvalue weighted by molar-refractivity contribution is -0.0396. The molecule has 0 rings (SSSR count). The molecule has 2 atom stereocenters. The van der Waals surface area contributed by atoms with Crippen molar-refractivity contribution < 1.29 is 33.4 Å². The first-order chi connectivity index (χ1) is 8.55. The summed E-state index contributed by atoms with van der Waals surface area (Å²) in [4.78, 5) is 0. The molecule has 0 saturated heterocycles. The molecule has 8 nitrogen and oxygen atoms in total. The van der Waals surface area contributed by atoms with Crippen molar-refractivity contribution in [3.63, 3.8) is 0 Å².